The minimum atomic E-state index is -4.91. The van der Waals surface area contributed by atoms with Crippen LogP contribution in [-0.2, 0) is 28.3 Å². The van der Waals surface area contributed by atoms with E-state index >= 15 is 0 Å². The van der Waals surface area contributed by atoms with Gasteiger partial charge in [-0.2, -0.15) is 0 Å². The molecule has 19 heteroatoms. The SMILES string of the molecule is NC(=O)CC[C@H](NP(=O)(O)OC[C@H](NC(=S)Nc1ccc(C2c3ccc(O)cc3OC3=CC(=O)C=CC32)c(C(=O)O)c1)C(=O)O)C(=O)O. The van der Waals surface area contributed by atoms with Gasteiger partial charge in [-0.3, -0.25) is 18.9 Å². The summed E-state index contributed by atoms with van der Waals surface area (Å²) in [5.74, 6) is -6.45. The molecule has 0 fully saturated rings. The van der Waals surface area contributed by atoms with Gasteiger partial charge in [-0.25, -0.2) is 19.2 Å². The number of carboxylic acid groups (broad SMARTS) is 3. The number of allylic oxidation sites excluding steroid dienone is 3. The standard InChI is InChI=1S/C29H29N4O13PS/c30-24(36)8-7-20(27(39)40)33-47(43,44)45-12-21(28(41)42)32-29(48)31-13-1-4-16(19(9-13)26(37)38)25-17-5-2-14(34)10-22(17)46-23-11-15(35)3-6-18(23)25/h1-6,9-11,17,20-21,25,35H,7-8,12H2,(H2,30,36)(H,37,38)(H,39,40)(H,41,42)(H2,31,32,48)(H2,33,43,44)/t17?,20-,21-,25?/m0/s1. The third-order valence-electron chi connectivity index (χ3n) is 7.19. The number of hydrogen-bond donors (Lipinski definition) is 9. The number of benzene rings is 2. The maximum Gasteiger partial charge on any atom is 0.403 e. The molecular formula is C29H29N4O13PS. The average molecular weight is 705 g/mol. The summed E-state index contributed by atoms with van der Waals surface area (Å²) >= 11 is 5.17. The molecule has 1 aliphatic heterocycles. The van der Waals surface area contributed by atoms with Crippen LogP contribution in [0.5, 0.6) is 11.5 Å². The van der Waals surface area contributed by atoms with Gasteiger partial charge in [0.2, 0.25) is 5.91 Å². The fourth-order valence-electron chi connectivity index (χ4n) is 5.03. The van der Waals surface area contributed by atoms with Crippen molar-refractivity contribution >= 4 is 60.4 Å². The van der Waals surface area contributed by atoms with Gasteiger partial charge in [-0.05, 0) is 48.5 Å². The molecule has 10 N–H and O–H groups in total. The number of hydrogen-bond acceptors (Lipinski definition) is 10. The third-order valence-corrected chi connectivity index (χ3v) is 8.55. The highest BCUT2D eigenvalue weighted by atomic mass is 32.1. The number of ether oxygens (including phenoxy) is 1. The number of aromatic carboxylic acids is 1. The summed E-state index contributed by atoms with van der Waals surface area (Å²) in [5.41, 5.74) is 5.81. The highest BCUT2D eigenvalue weighted by Gasteiger charge is 2.38. The number of amides is 1. The summed E-state index contributed by atoms with van der Waals surface area (Å²) in [5, 5.41) is 45.5. The van der Waals surface area contributed by atoms with Gasteiger partial charge < -0.3 is 46.4 Å². The van der Waals surface area contributed by atoms with Crippen LogP contribution in [0.1, 0.15) is 40.2 Å². The first kappa shape index (κ1) is 35.7. The summed E-state index contributed by atoms with van der Waals surface area (Å²) in [4.78, 5) is 68.7. The smallest absolute Gasteiger partial charge is 0.403 e. The minimum absolute atomic E-state index is 0.101. The zero-order valence-electron chi connectivity index (χ0n) is 24.6. The van der Waals surface area contributed by atoms with Crippen LogP contribution in [0.2, 0.25) is 0 Å². The maximum absolute atomic E-state index is 12.5. The van der Waals surface area contributed by atoms with Gasteiger partial charge in [-0.15, -0.1) is 0 Å². The van der Waals surface area contributed by atoms with Crippen molar-refractivity contribution < 1.29 is 63.1 Å². The third kappa shape index (κ3) is 8.81. The van der Waals surface area contributed by atoms with Crippen molar-refractivity contribution in [3.8, 4) is 11.5 Å². The Labute approximate surface area is 276 Å². The summed E-state index contributed by atoms with van der Waals surface area (Å²) in [6.45, 7) is -0.981. The van der Waals surface area contributed by atoms with Crippen molar-refractivity contribution in [2.45, 2.75) is 30.8 Å². The molecule has 254 valence electrons. The Bertz CT molecular complexity index is 1800. The van der Waals surface area contributed by atoms with Crippen LogP contribution in [-0.4, -0.2) is 78.7 Å². The van der Waals surface area contributed by atoms with Crippen molar-refractivity contribution in [2.75, 3.05) is 11.9 Å². The number of phenols is 1. The normalized spacial score (nSPS) is 18.9. The maximum atomic E-state index is 12.5. The zero-order chi connectivity index (χ0) is 35.3. The molecule has 0 spiro atoms. The number of carbonyl (C=O) groups is 5. The quantitative estimate of drug-likeness (QED) is 0.0992. The number of carboxylic acids is 3. The van der Waals surface area contributed by atoms with E-state index in [0.717, 1.165) is 0 Å². The van der Waals surface area contributed by atoms with Crippen LogP contribution in [0.4, 0.5) is 5.69 Å². The van der Waals surface area contributed by atoms with Crippen molar-refractivity contribution in [2.24, 2.45) is 11.7 Å². The van der Waals surface area contributed by atoms with E-state index in [1.807, 2.05) is 5.09 Å². The Balaban J connectivity index is 1.51. The number of nitrogens with one attached hydrogen (secondary N) is 3. The summed E-state index contributed by atoms with van der Waals surface area (Å²) in [6, 6.07) is 5.15. The average Bonchev–Trinajstić information content (AvgIpc) is 2.99. The molecule has 0 saturated carbocycles. The van der Waals surface area contributed by atoms with Crippen molar-refractivity contribution in [3.05, 3.63) is 77.1 Å². The Hall–Kier alpha value is -5.13. The predicted octanol–water partition coefficient (Wildman–Crippen LogP) is 1.42. The van der Waals surface area contributed by atoms with Crippen LogP contribution in [0, 0.1) is 5.92 Å². The molecule has 2 aliphatic rings. The van der Waals surface area contributed by atoms with Crippen molar-refractivity contribution in [3.63, 3.8) is 0 Å². The van der Waals surface area contributed by atoms with E-state index in [-0.39, 0.29) is 39.4 Å². The molecule has 48 heavy (non-hydrogen) atoms. The fourth-order valence-corrected chi connectivity index (χ4v) is 6.35. The lowest BCUT2D eigenvalue weighted by atomic mass is 9.74. The fraction of sp³-hybridized carbons (Fsp3) is 0.241. The first-order valence-corrected chi connectivity index (χ1v) is 15.9. The summed E-state index contributed by atoms with van der Waals surface area (Å²) in [7, 11) is -4.91. The molecule has 0 bridgehead atoms. The zero-order valence-corrected chi connectivity index (χ0v) is 26.3. The van der Waals surface area contributed by atoms with Gasteiger partial charge in [0.25, 0.3) is 0 Å². The molecular weight excluding hydrogens is 675 g/mol. The number of ketones is 1. The number of thiocarbonyl (C=S) groups is 1. The molecule has 0 saturated heterocycles. The Morgan fingerprint density at radius 3 is 2.38 bits per heavy atom. The number of aromatic hydroxyl groups is 1. The number of rotatable bonds is 14. The van der Waals surface area contributed by atoms with Crippen molar-refractivity contribution in [1.82, 2.24) is 10.4 Å². The summed E-state index contributed by atoms with van der Waals surface area (Å²) in [6.07, 6.45) is 3.38. The molecule has 2 aromatic rings. The summed E-state index contributed by atoms with van der Waals surface area (Å²) < 4.78 is 23.0. The first-order chi connectivity index (χ1) is 22.5. The molecule has 1 heterocycles. The Kier molecular flexibility index (Phi) is 11.0. The molecule has 17 nitrogen and oxygen atoms in total. The van der Waals surface area contributed by atoms with E-state index in [1.54, 1.807) is 12.1 Å². The number of fused-ring (bicyclic) bond motifs is 2. The Morgan fingerprint density at radius 2 is 1.73 bits per heavy atom. The number of nitrogens with two attached hydrogens (primary N) is 1. The molecule has 2 aromatic carbocycles. The largest absolute Gasteiger partial charge is 0.508 e. The molecule has 0 radical (unpaired) electrons. The van der Waals surface area contributed by atoms with Gasteiger partial charge in [0.05, 0.1) is 12.2 Å². The number of phenolic OH excluding ortho intramolecular Hbond substituents is 1. The second-order valence-corrected chi connectivity index (χ2v) is 12.5. The van der Waals surface area contributed by atoms with E-state index in [2.05, 4.69) is 10.6 Å². The highest BCUT2D eigenvalue weighted by Crippen LogP contribution is 2.49. The molecule has 1 amide bonds. The first-order valence-electron chi connectivity index (χ1n) is 13.9. The van der Waals surface area contributed by atoms with Crippen molar-refractivity contribution in [1.29, 1.82) is 0 Å². The minimum Gasteiger partial charge on any atom is -0.508 e. The lowest BCUT2D eigenvalue weighted by molar-refractivity contribution is -0.141. The van der Waals surface area contributed by atoms with Gasteiger partial charge in [0.1, 0.15) is 23.3 Å². The molecule has 0 aromatic heterocycles. The lowest BCUT2D eigenvalue weighted by Gasteiger charge is -2.35. The Morgan fingerprint density at radius 1 is 1.04 bits per heavy atom. The van der Waals surface area contributed by atoms with E-state index in [9.17, 15) is 53.9 Å². The van der Waals surface area contributed by atoms with E-state index in [4.69, 9.17) is 27.2 Å². The van der Waals surface area contributed by atoms with E-state index < -0.39 is 74.9 Å². The second-order valence-electron chi connectivity index (χ2n) is 10.6. The van der Waals surface area contributed by atoms with Gasteiger partial charge in [0, 0.05) is 41.6 Å². The highest BCUT2D eigenvalue weighted by molar-refractivity contribution is 7.80. The number of primary amides is 1. The van der Waals surface area contributed by atoms with Gasteiger partial charge in [-0.1, -0.05) is 18.2 Å². The number of carbonyl (C=O) groups excluding carboxylic acids is 2. The van der Waals surface area contributed by atoms with Crippen LogP contribution in [0.15, 0.2) is 60.4 Å². The number of anilines is 1. The monoisotopic (exact) mass is 704 g/mol. The predicted molar refractivity (Wildman–Crippen MR) is 169 cm³/mol. The second kappa shape index (κ2) is 14.7. The van der Waals surface area contributed by atoms with Crippen LogP contribution < -0.4 is 26.2 Å². The van der Waals surface area contributed by atoms with Crippen LogP contribution >= 0.6 is 20.0 Å². The van der Waals surface area contributed by atoms with Gasteiger partial charge >= 0.3 is 25.7 Å². The van der Waals surface area contributed by atoms with Crippen LogP contribution in [0.3, 0.4) is 0 Å². The molecule has 4 rings (SSSR count). The van der Waals surface area contributed by atoms with Gasteiger partial charge in [0.15, 0.2) is 16.9 Å². The lowest BCUT2D eigenvalue weighted by Crippen LogP contribution is -2.46. The van der Waals surface area contributed by atoms with E-state index in [1.165, 1.54) is 42.5 Å². The van der Waals surface area contributed by atoms with E-state index in [0.29, 0.717) is 11.1 Å². The molecule has 1 aliphatic carbocycles. The van der Waals surface area contributed by atoms with Crippen LogP contribution in [0.25, 0.3) is 0 Å². The number of aliphatic carboxylic acids is 2. The molecule has 5 atom stereocenters. The molecule has 3 unspecified atom stereocenters. The topological polar surface area (TPSA) is 284 Å².